The van der Waals surface area contributed by atoms with Crippen LogP contribution < -0.4 is 14.8 Å². The van der Waals surface area contributed by atoms with E-state index in [1.807, 2.05) is 42.5 Å². The molecule has 1 aromatic heterocycles. The third kappa shape index (κ3) is 8.87. The summed E-state index contributed by atoms with van der Waals surface area (Å²) in [5, 5.41) is 18.9. The van der Waals surface area contributed by atoms with Gasteiger partial charge in [0.25, 0.3) is 0 Å². The lowest BCUT2D eigenvalue weighted by atomic mass is 10.3. The predicted molar refractivity (Wildman–Crippen MR) is 103 cm³/mol. The molecule has 0 radical (unpaired) electrons. The fourth-order valence-electron chi connectivity index (χ4n) is 2.23. The van der Waals surface area contributed by atoms with Gasteiger partial charge in [0.1, 0.15) is 12.7 Å². The largest absolute Gasteiger partial charge is 0.487 e. The summed E-state index contributed by atoms with van der Waals surface area (Å²) in [6.07, 6.45) is 2.88. The summed E-state index contributed by atoms with van der Waals surface area (Å²) in [7, 11) is 0. The monoisotopic (exact) mass is 402 g/mol. The van der Waals surface area contributed by atoms with Crippen molar-refractivity contribution in [3.63, 3.8) is 0 Å². The summed E-state index contributed by atoms with van der Waals surface area (Å²) in [6, 6.07) is 13.1. The van der Waals surface area contributed by atoms with E-state index >= 15 is 0 Å². The Hall–Kier alpha value is -3.43. The van der Waals surface area contributed by atoms with Crippen molar-refractivity contribution in [2.75, 3.05) is 26.3 Å². The second kappa shape index (κ2) is 12.1. The van der Waals surface area contributed by atoms with E-state index in [0.717, 1.165) is 19.7 Å². The summed E-state index contributed by atoms with van der Waals surface area (Å²) in [5.74, 6) is -0.624. The molecule has 0 aliphatic carbocycles. The Morgan fingerprint density at radius 2 is 1.79 bits per heavy atom. The van der Waals surface area contributed by atoms with Gasteiger partial charge in [0.2, 0.25) is 5.88 Å². The molecule has 1 aliphatic heterocycles. The number of hydrogen-bond donors (Lipinski definition) is 3. The minimum Gasteiger partial charge on any atom is -0.487 e. The second-order valence-electron chi connectivity index (χ2n) is 5.73. The van der Waals surface area contributed by atoms with Gasteiger partial charge in [-0.1, -0.05) is 18.2 Å². The number of carbonyl (C=O) groups is 2. The molecule has 2 heterocycles. The molecule has 9 nitrogen and oxygen atoms in total. The van der Waals surface area contributed by atoms with E-state index in [-0.39, 0.29) is 6.10 Å². The van der Waals surface area contributed by atoms with Gasteiger partial charge in [-0.2, -0.15) is 0 Å². The zero-order valence-electron chi connectivity index (χ0n) is 15.6. The number of hydrogen-bond acceptors (Lipinski definition) is 7. The van der Waals surface area contributed by atoms with E-state index < -0.39 is 11.9 Å². The molecule has 0 bridgehead atoms. The first-order valence-electron chi connectivity index (χ1n) is 8.81. The van der Waals surface area contributed by atoms with E-state index in [4.69, 9.17) is 24.4 Å². The Labute approximate surface area is 167 Å². The number of carboxylic acids is 2. The van der Waals surface area contributed by atoms with Crippen molar-refractivity contribution in [1.29, 1.82) is 0 Å². The molecule has 2 aromatic rings. The number of rotatable bonds is 7. The van der Waals surface area contributed by atoms with Crippen molar-refractivity contribution < 1.29 is 34.0 Å². The SMILES string of the molecule is O=C(O)C=CC(=O)O.c1ccc(Oc2ccccc2OCC2CNCCO2)nc1. The standard InChI is InChI=1S/C16H18N2O3.C4H4O4/c1-2-6-15(21-16-7-3-4-8-18-16)14(5-1)20-12-13-11-17-9-10-19-13;5-3(6)1-2-4(7)8/h1-8,13,17H,9-12H2;1-2H,(H,5,6)(H,7,8). The zero-order chi connectivity index (χ0) is 20.9. The number of benzene rings is 1. The van der Waals surface area contributed by atoms with Crippen molar-refractivity contribution >= 4 is 11.9 Å². The fourth-order valence-corrected chi connectivity index (χ4v) is 2.23. The number of carboxylic acid groups (broad SMARTS) is 2. The first kappa shape index (κ1) is 21.9. The topological polar surface area (TPSA) is 127 Å². The van der Waals surface area contributed by atoms with Crippen LogP contribution in [0.25, 0.3) is 0 Å². The van der Waals surface area contributed by atoms with Gasteiger partial charge in [-0.3, -0.25) is 0 Å². The summed E-state index contributed by atoms with van der Waals surface area (Å²) < 4.78 is 17.2. The van der Waals surface area contributed by atoms with Gasteiger partial charge >= 0.3 is 11.9 Å². The molecular weight excluding hydrogens is 380 g/mol. The Bertz CT molecular complexity index is 789. The molecule has 1 aliphatic rings. The molecule has 1 aromatic carbocycles. The van der Waals surface area contributed by atoms with Gasteiger partial charge in [-0.15, -0.1) is 0 Å². The lowest BCUT2D eigenvalue weighted by Crippen LogP contribution is -2.41. The van der Waals surface area contributed by atoms with Gasteiger partial charge < -0.3 is 29.7 Å². The Morgan fingerprint density at radius 1 is 1.10 bits per heavy atom. The number of aromatic nitrogens is 1. The molecule has 0 saturated carbocycles. The van der Waals surface area contributed by atoms with Crippen molar-refractivity contribution in [3.05, 3.63) is 60.8 Å². The number of nitrogens with zero attached hydrogens (tertiary/aromatic N) is 1. The van der Waals surface area contributed by atoms with Gasteiger partial charge in [-0.05, 0) is 18.2 Å². The predicted octanol–water partition coefficient (Wildman–Crippen LogP) is 1.95. The van der Waals surface area contributed by atoms with E-state index in [1.54, 1.807) is 6.20 Å². The summed E-state index contributed by atoms with van der Waals surface area (Å²) in [5.41, 5.74) is 0. The van der Waals surface area contributed by atoms with Crippen LogP contribution in [0.15, 0.2) is 60.8 Å². The molecule has 1 fully saturated rings. The van der Waals surface area contributed by atoms with Crippen LogP contribution in [0.1, 0.15) is 0 Å². The molecule has 3 rings (SSSR count). The highest BCUT2D eigenvalue weighted by atomic mass is 16.5. The lowest BCUT2D eigenvalue weighted by Gasteiger charge is -2.24. The Kier molecular flexibility index (Phi) is 9.13. The fraction of sp³-hybridized carbons (Fsp3) is 0.250. The maximum Gasteiger partial charge on any atom is 0.328 e. The molecule has 9 heteroatoms. The third-order valence-electron chi connectivity index (χ3n) is 3.50. The summed E-state index contributed by atoms with van der Waals surface area (Å²) in [6.45, 7) is 2.93. The molecule has 29 heavy (non-hydrogen) atoms. The minimum atomic E-state index is -1.26. The lowest BCUT2D eigenvalue weighted by molar-refractivity contribution is -0.134. The second-order valence-corrected chi connectivity index (χ2v) is 5.73. The van der Waals surface area contributed by atoms with Crippen LogP contribution in [0.2, 0.25) is 0 Å². The summed E-state index contributed by atoms with van der Waals surface area (Å²) >= 11 is 0. The van der Waals surface area contributed by atoms with Crippen molar-refractivity contribution in [2.24, 2.45) is 0 Å². The normalized spacial score (nSPS) is 15.8. The maximum atomic E-state index is 9.55. The van der Waals surface area contributed by atoms with Gasteiger partial charge in [0, 0.05) is 37.5 Å². The molecule has 1 unspecified atom stereocenters. The maximum absolute atomic E-state index is 9.55. The molecule has 1 saturated heterocycles. The summed E-state index contributed by atoms with van der Waals surface area (Å²) in [4.78, 5) is 23.3. The van der Waals surface area contributed by atoms with Crippen LogP contribution in [0.4, 0.5) is 0 Å². The number of para-hydroxylation sites is 2. The average Bonchev–Trinajstić information content (AvgIpc) is 2.74. The van der Waals surface area contributed by atoms with Crippen LogP contribution in [-0.4, -0.2) is 59.5 Å². The van der Waals surface area contributed by atoms with Crippen LogP contribution >= 0.6 is 0 Å². The molecule has 154 valence electrons. The number of nitrogens with one attached hydrogen (secondary N) is 1. The van der Waals surface area contributed by atoms with E-state index in [2.05, 4.69) is 10.3 Å². The smallest absolute Gasteiger partial charge is 0.328 e. The number of morpholine rings is 1. The molecular formula is C20H22N2O7. The van der Waals surface area contributed by atoms with Crippen LogP contribution in [0.3, 0.4) is 0 Å². The first-order valence-corrected chi connectivity index (χ1v) is 8.81. The van der Waals surface area contributed by atoms with Crippen LogP contribution in [0, 0.1) is 0 Å². The first-order chi connectivity index (χ1) is 14.0. The Morgan fingerprint density at radius 3 is 2.38 bits per heavy atom. The van der Waals surface area contributed by atoms with Crippen LogP contribution in [-0.2, 0) is 14.3 Å². The molecule has 3 N–H and O–H groups in total. The number of ether oxygens (including phenoxy) is 3. The van der Waals surface area contributed by atoms with Gasteiger partial charge in [-0.25, -0.2) is 14.6 Å². The van der Waals surface area contributed by atoms with Crippen molar-refractivity contribution in [2.45, 2.75) is 6.10 Å². The molecule has 0 spiro atoms. The molecule has 0 amide bonds. The highest BCUT2D eigenvalue weighted by Crippen LogP contribution is 2.30. The minimum absolute atomic E-state index is 0.0710. The van der Waals surface area contributed by atoms with E-state index in [0.29, 0.717) is 36.1 Å². The van der Waals surface area contributed by atoms with Gasteiger partial charge in [0.05, 0.1) is 6.61 Å². The van der Waals surface area contributed by atoms with Gasteiger partial charge in [0.15, 0.2) is 11.5 Å². The Balaban J connectivity index is 0.000000321. The van der Waals surface area contributed by atoms with Crippen molar-refractivity contribution in [3.8, 4) is 17.4 Å². The van der Waals surface area contributed by atoms with Crippen molar-refractivity contribution in [1.82, 2.24) is 10.3 Å². The highest BCUT2D eigenvalue weighted by Gasteiger charge is 2.15. The number of aliphatic carboxylic acids is 2. The van der Waals surface area contributed by atoms with E-state index in [1.165, 1.54) is 0 Å². The van der Waals surface area contributed by atoms with Crippen LogP contribution in [0.5, 0.6) is 17.4 Å². The average molecular weight is 402 g/mol. The van der Waals surface area contributed by atoms with E-state index in [9.17, 15) is 9.59 Å². The third-order valence-corrected chi connectivity index (χ3v) is 3.50. The highest BCUT2D eigenvalue weighted by molar-refractivity contribution is 5.89. The number of pyridine rings is 1. The molecule has 1 atom stereocenters. The zero-order valence-corrected chi connectivity index (χ0v) is 15.6. The quantitative estimate of drug-likeness (QED) is 0.595.